The standard InChI is InChI=1S/C15H13BrF2NO2.Y/c1-9-7-10(21-2)3-4-11(9)13-6-5-12(16)15(20)19(13)8-14(17)18;/h3-5,7,14H,8H2,1-2H3;/q-1;. The molecule has 0 atom stereocenters. The number of benzene rings is 1. The summed E-state index contributed by atoms with van der Waals surface area (Å²) in [7, 11) is 1.55. The van der Waals surface area contributed by atoms with Crippen molar-refractivity contribution in [1.82, 2.24) is 4.57 Å². The van der Waals surface area contributed by atoms with Crippen molar-refractivity contribution in [2.24, 2.45) is 0 Å². The van der Waals surface area contributed by atoms with Crippen LogP contribution in [-0.4, -0.2) is 18.1 Å². The second-order valence-corrected chi connectivity index (χ2v) is 5.33. The fourth-order valence-corrected chi connectivity index (χ4v) is 2.39. The van der Waals surface area contributed by atoms with Crippen molar-refractivity contribution in [3.05, 3.63) is 50.7 Å². The van der Waals surface area contributed by atoms with E-state index in [1.165, 1.54) is 6.07 Å². The van der Waals surface area contributed by atoms with E-state index < -0.39 is 18.5 Å². The van der Waals surface area contributed by atoms with Gasteiger partial charge in [0.2, 0.25) is 5.56 Å². The predicted molar refractivity (Wildman–Crippen MR) is 80.0 cm³/mol. The molecule has 115 valence electrons. The average Bonchev–Trinajstić information content (AvgIpc) is 2.44. The predicted octanol–water partition coefficient (Wildman–Crippen LogP) is 3.66. The van der Waals surface area contributed by atoms with E-state index in [-0.39, 0.29) is 37.2 Å². The first-order valence-corrected chi connectivity index (χ1v) is 6.97. The third-order valence-corrected chi connectivity index (χ3v) is 3.63. The van der Waals surface area contributed by atoms with Crippen LogP contribution in [0, 0.1) is 13.0 Å². The van der Waals surface area contributed by atoms with Gasteiger partial charge in [-0.3, -0.25) is 4.79 Å². The summed E-state index contributed by atoms with van der Waals surface area (Å²) in [6, 6.07) is 9.57. The minimum atomic E-state index is -2.62. The summed E-state index contributed by atoms with van der Waals surface area (Å²) in [5, 5.41) is 0. The number of methoxy groups -OCH3 is 1. The SMILES string of the molecule is COc1ccc(-c2[c-]cc(Br)c(=O)n2CC(F)F)c(C)c1.[Y]. The van der Waals surface area contributed by atoms with Crippen molar-refractivity contribution in [2.45, 2.75) is 19.9 Å². The van der Waals surface area contributed by atoms with Crippen LogP contribution in [0.5, 0.6) is 5.75 Å². The van der Waals surface area contributed by atoms with Crippen LogP contribution >= 0.6 is 15.9 Å². The number of halogens is 3. The summed E-state index contributed by atoms with van der Waals surface area (Å²) in [6.07, 6.45) is -2.62. The molecule has 1 heterocycles. The number of hydrogen-bond donors (Lipinski definition) is 0. The molecular weight excluding hydrogens is 433 g/mol. The summed E-state index contributed by atoms with van der Waals surface area (Å²) in [5.41, 5.74) is 1.32. The molecule has 0 aliphatic rings. The summed E-state index contributed by atoms with van der Waals surface area (Å²) < 4.78 is 31.8. The maximum absolute atomic E-state index is 12.7. The molecule has 0 aliphatic carbocycles. The molecule has 3 nitrogen and oxygen atoms in total. The third-order valence-electron chi connectivity index (χ3n) is 3.06. The second kappa shape index (κ2) is 8.32. The number of alkyl halides is 2. The molecular formula is C15H13BrF2NO2Y-. The fraction of sp³-hybridized carbons (Fsp3) is 0.267. The van der Waals surface area contributed by atoms with Gasteiger partial charge in [0.05, 0.1) is 13.7 Å². The van der Waals surface area contributed by atoms with Crippen molar-refractivity contribution in [2.75, 3.05) is 7.11 Å². The Balaban J connectivity index is 0.00000242. The Morgan fingerprint density at radius 2 is 2.09 bits per heavy atom. The summed E-state index contributed by atoms with van der Waals surface area (Å²) in [4.78, 5) is 12.1. The Morgan fingerprint density at radius 1 is 1.41 bits per heavy atom. The number of aromatic nitrogens is 1. The van der Waals surface area contributed by atoms with Gasteiger partial charge >= 0.3 is 0 Å². The largest absolute Gasteiger partial charge is 0.497 e. The van der Waals surface area contributed by atoms with Crippen molar-refractivity contribution >= 4 is 15.9 Å². The molecule has 0 fully saturated rings. The van der Waals surface area contributed by atoms with Crippen LogP contribution in [0.15, 0.2) is 33.5 Å². The number of rotatable bonds is 4. The number of pyridine rings is 1. The summed E-state index contributed by atoms with van der Waals surface area (Å²) in [5.74, 6) is 0.663. The first-order chi connectivity index (χ1) is 9.93. The van der Waals surface area contributed by atoms with E-state index in [0.717, 1.165) is 10.1 Å². The van der Waals surface area contributed by atoms with Gasteiger partial charge in [0.1, 0.15) is 5.75 Å². The molecule has 22 heavy (non-hydrogen) atoms. The van der Waals surface area contributed by atoms with Gasteiger partial charge in [-0.25, -0.2) is 8.78 Å². The molecule has 2 aromatic rings. The van der Waals surface area contributed by atoms with Crippen LogP contribution in [-0.2, 0) is 39.3 Å². The first kappa shape index (κ1) is 19.5. The van der Waals surface area contributed by atoms with Crippen molar-refractivity contribution in [3.8, 4) is 17.0 Å². The van der Waals surface area contributed by atoms with Gasteiger partial charge in [0, 0.05) is 32.7 Å². The molecule has 0 bridgehead atoms. The van der Waals surface area contributed by atoms with E-state index in [4.69, 9.17) is 4.74 Å². The molecule has 7 heteroatoms. The van der Waals surface area contributed by atoms with E-state index in [9.17, 15) is 13.6 Å². The fourth-order valence-electron chi connectivity index (χ4n) is 2.07. The molecule has 0 N–H and O–H groups in total. The van der Waals surface area contributed by atoms with Gasteiger partial charge in [-0.05, 0) is 16.6 Å². The number of hydrogen-bond acceptors (Lipinski definition) is 2. The van der Waals surface area contributed by atoms with Crippen LogP contribution in [0.3, 0.4) is 0 Å². The van der Waals surface area contributed by atoms with Crippen molar-refractivity contribution < 1.29 is 46.2 Å². The number of nitrogens with zero attached hydrogens (tertiary/aromatic N) is 1. The Kier molecular flexibility index (Phi) is 7.36. The Morgan fingerprint density at radius 3 is 2.64 bits per heavy atom. The van der Waals surface area contributed by atoms with E-state index in [1.54, 1.807) is 25.3 Å². The number of aryl methyl sites for hydroxylation is 1. The topological polar surface area (TPSA) is 31.2 Å². The van der Waals surface area contributed by atoms with Gasteiger partial charge in [-0.15, -0.1) is 22.0 Å². The minimum absolute atomic E-state index is 0. The molecule has 0 saturated carbocycles. The monoisotopic (exact) mass is 445 g/mol. The maximum atomic E-state index is 12.7. The van der Waals surface area contributed by atoms with E-state index >= 15 is 0 Å². The second-order valence-electron chi connectivity index (χ2n) is 4.47. The van der Waals surface area contributed by atoms with Gasteiger partial charge in [-0.2, -0.15) is 12.1 Å². The molecule has 2 rings (SSSR count). The van der Waals surface area contributed by atoms with Crippen molar-refractivity contribution in [3.63, 3.8) is 0 Å². The molecule has 1 aromatic carbocycles. The Hall–Kier alpha value is -0.586. The van der Waals surface area contributed by atoms with Crippen LogP contribution in [0.2, 0.25) is 0 Å². The van der Waals surface area contributed by atoms with Crippen LogP contribution in [0.25, 0.3) is 11.3 Å². The van der Waals surface area contributed by atoms with Crippen LogP contribution in [0.1, 0.15) is 5.56 Å². The first-order valence-electron chi connectivity index (χ1n) is 6.18. The van der Waals surface area contributed by atoms with Gasteiger partial charge in [-0.1, -0.05) is 23.7 Å². The molecule has 1 aromatic heterocycles. The van der Waals surface area contributed by atoms with Crippen molar-refractivity contribution in [1.29, 1.82) is 0 Å². The third kappa shape index (κ3) is 4.24. The smallest absolute Gasteiger partial charge is 0.256 e. The van der Waals surface area contributed by atoms with Gasteiger partial charge in [0.15, 0.2) is 0 Å². The zero-order valence-electron chi connectivity index (χ0n) is 12.1. The summed E-state index contributed by atoms with van der Waals surface area (Å²) in [6.45, 7) is 1.15. The normalized spacial score (nSPS) is 10.5. The van der Waals surface area contributed by atoms with Gasteiger partial charge < -0.3 is 9.30 Å². The Bertz CT molecular complexity index is 719. The number of ether oxygens (including phenoxy) is 1. The average molecular weight is 446 g/mol. The minimum Gasteiger partial charge on any atom is -0.497 e. The van der Waals surface area contributed by atoms with Gasteiger partial charge in [0.25, 0.3) is 6.43 Å². The molecule has 0 amide bonds. The zero-order valence-corrected chi connectivity index (χ0v) is 16.5. The Labute approximate surface area is 160 Å². The molecule has 1 radical (unpaired) electrons. The van der Waals surface area contributed by atoms with Crippen LogP contribution in [0.4, 0.5) is 8.78 Å². The molecule has 0 unspecified atom stereocenters. The van der Waals surface area contributed by atoms with E-state index in [2.05, 4.69) is 22.0 Å². The van der Waals surface area contributed by atoms with E-state index in [1.807, 2.05) is 6.92 Å². The zero-order chi connectivity index (χ0) is 15.6. The van der Waals surface area contributed by atoms with E-state index in [0.29, 0.717) is 17.0 Å². The van der Waals surface area contributed by atoms with Crippen LogP contribution < -0.4 is 10.3 Å². The molecule has 0 aliphatic heterocycles. The summed E-state index contributed by atoms with van der Waals surface area (Å²) >= 11 is 3.05. The molecule has 0 spiro atoms. The maximum Gasteiger partial charge on any atom is 0.256 e. The quantitative estimate of drug-likeness (QED) is 0.672. The molecule has 0 saturated heterocycles.